The number of aryl methyl sites for hydroxylation is 1. The number of aliphatic hydroxyl groups is 1. The molecule has 4 aromatic carbocycles. The monoisotopic (exact) mass is 602 g/mol. The molecule has 11 nitrogen and oxygen atoms in total. The van der Waals surface area contributed by atoms with E-state index in [4.69, 9.17) is 14.0 Å². The second-order valence-corrected chi connectivity index (χ2v) is 12.8. The summed E-state index contributed by atoms with van der Waals surface area (Å²) in [6, 6.07) is 19.5. The molecule has 7 rings (SSSR count). The van der Waals surface area contributed by atoms with Gasteiger partial charge < -0.3 is 29.0 Å². The van der Waals surface area contributed by atoms with Crippen molar-refractivity contribution in [3.05, 3.63) is 83.2 Å². The highest BCUT2D eigenvalue weighted by Crippen LogP contribution is 2.43. The van der Waals surface area contributed by atoms with E-state index in [2.05, 4.69) is 69.5 Å². The van der Waals surface area contributed by atoms with Gasteiger partial charge >= 0.3 is 7.60 Å². The number of aromatic amines is 1. The Bertz CT molecular complexity index is 2010. The topological polar surface area (TPSA) is 149 Å². The van der Waals surface area contributed by atoms with Crippen molar-refractivity contribution in [3.8, 4) is 0 Å². The number of aromatic nitrogens is 4. The van der Waals surface area contributed by atoms with Gasteiger partial charge in [0.25, 0.3) is 5.56 Å². The fourth-order valence-corrected chi connectivity index (χ4v) is 6.86. The first-order valence-electron chi connectivity index (χ1n) is 14.3. The summed E-state index contributed by atoms with van der Waals surface area (Å²) in [5, 5.41) is 18.1. The summed E-state index contributed by atoms with van der Waals surface area (Å²) in [6.07, 6.45) is 2.47. The second-order valence-electron chi connectivity index (χ2n) is 11.0. The summed E-state index contributed by atoms with van der Waals surface area (Å²) in [6.45, 7) is 0.0360. The van der Waals surface area contributed by atoms with Gasteiger partial charge in [-0.05, 0) is 57.1 Å². The first-order chi connectivity index (χ1) is 20.9. The highest BCUT2D eigenvalue weighted by atomic mass is 31.2. The number of benzene rings is 4. The largest absolute Gasteiger partial charge is 0.390 e. The zero-order valence-corrected chi connectivity index (χ0v) is 24.2. The average Bonchev–Trinajstić information content (AvgIpc) is 3.61. The highest BCUT2D eigenvalue weighted by Gasteiger charge is 2.37. The quantitative estimate of drug-likeness (QED) is 0.107. The van der Waals surface area contributed by atoms with Crippen molar-refractivity contribution in [2.75, 3.05) is 19.6 Å². The lowest BCUT2D eigenvalue weighted by Gasteiger charge is -2.18. The predicted octanol–water partition coefficient (Wildman–Crippen LogP) is 4.86. The van der Waals surface area contributed by atoms with Crippen LogP contribution in [0.1, 0.15) is 31.1 Å². The van der Waals surface area contributed by atoms with Gasteiger partial charge in [-0.25, -0.2) is 9.97 Å². The molecule has 12 heteroatoms. The van der Waals surface area contributed by atoms with Crippen molar-refractivity contribution in [1.82, 2.24) is 19.5 Å². The Hall–Kier alpha value is -3.70. The molecular formula is C31H31N4O7P. The van der Waals surface area contributed by atoms with Crippen molar-refractivity contribution >= 4 is 51.1 Å². The molecule has 1 aliphatic heterocycles. The summed E-state index contributed by atoms with van der Waals surface area (Å²) >= 11 is 0. The molecule has 1 fully saturated rings. The van der Waals surface area contributed by atoms with Gasteiger partial charge in [-0.3, -0.25) is 13.9 Å². The van der Waals surface area contributed by atoms with Crippen LogP contribution in [0.5, 0.6) is 0 Å². The first kappa shape index (κ1) is 28.1. The number of ether oxygens (including phenoxy) is 2. The van der Waals surface area contributed by atoms with Crippen LogP contribution in [-0.2, 0) is 25.0 Å². The average molecular weight is 603 g/mol. The Balaban J connectivity index is 0.887. The zero-order chi connectivity index (χ0) is 29.6. The molecule has 4 atom stereocenters. The van der Waals surface area contributed by atoms with Crippen LogP contribution in [0.25, 0.3) is 43.5 Å². The number of imidazole rings is 1. The molecule has 0 bridgehead atoms. The van der Waals surface area contributed by atoms with Gasteiger partial charge in [0.05, 0.1) is 25.4 Å². The fraction of sp³-hybridized carbons (Fsp3) is 0.323. The number of H-pyrrole nitrogens is 1. The summed E-state index contributed by atoms with van der Waals surface area (Å²) in [5.41, 5.74) is 1.38. The van der Waals surface area contributed by atoms with Gasteiger partial charge in [0.15, 0.2) is 11.2 Å². The summed E-state index contributed by atoms with van der Waals surface area (Å²) < 4.78 is 30.7. The molecule has 0 aliphatic carbocycles. The molecule has 2 unspecified atom stereocenters. The van der Waals surface area contributed by atoms with E-state index in [1.165, 1.54) is 50.5 Å². The van der Waals surface area contributed by atoms with E-state index in [9.17, 15) is 19.4 Å². The third-order valence-electron chi connectivity index (χ3n) is 8.18. The first-order valence-corrected chi connectivity index (χ1v) is 16.1. The molecule has 2 aromatic heterocycles. The second kappa shape index (κ2) is 11.4. The Morgan fingerprint density at radius 2 is 1.79 bits per heavy atom. The molecule has 0 spiro atoms. The molecule has 0 saturated carbocycles. The van der Waals surface area contributed by atoms with Gasteiger partial charge in [-0.2, -0.15) is 0 Å². The maximum atomic E-state index is 12.6. The van der Waals surface area contributed by atoms with Crippen molar-refractivity contribution in [1.29, 1.82) is 0 Å². The van der Waals surface area contributed by atoms with E-state index >= 15 is 0 Å². The summed E-state index contributed by atoms with van der Waals surface area (Å²) in [5.74, 6) is 0. The van der Waals surface area contributed by atoms with E-state index in [1.807, 2.05) is 0 Å². The van der Waals surface area contributed by atoms with E-state index in [1.54, 1.807) is 4.57 Å². The van der Waals surface area contributed by atoms with Crippen molar-refractivity contribution < 1.29 is 28.6 Å². The minimum absolute atomic E-state index is 0.160. The molecule has 222 valence electrons. The number of rotatable bonds is 11. The van der Waals surface area contributed by atoms with Crippen molar-refractivity contribution in [2.24, 2.45) is 0 Å². The van der Waals surface area contributed by atoms with Crippen LogP contribution in [0.3, 0.4) is 0 Å². The fourth-order valence-electron chi connectivity index (χ4n) is 6.05. The number of nitrogens with zero attached hydrogens (tertiary/aromatic N) is 3. The van der Waals surface area contributed by atoms with Crippen molar-refractivity contribution in [3.63, 3.8) is 0 Å². The van der Waals surface area contributed by atoms with Gasteiger partial charge in [-0.15, -0.1) is 0 Å². The predicted molar refractivity (Wildman–Crippen MR) is 162 cm³/mol. The molecule has 1 saturated heterocycles. The summed E-state index contributed by atoms with van der Waals surface area (Å²) in [7, 11) is -4.06. The van der Waals surface area contributed by atoms with E-state index in [0.29, 0.717) is 12.3 Å². The standard InChI is InChI=1S/C31H31N4O7P/c36-24-14-26(35-17-34-29-30(35)32-16-33-31(29)37)42-25(24)15-41-43(38,39)18-40-13-2-1-4-19-7-8-22-10-9-20-5-3-6-21-11-12-23(19)28(22)27(20)21/h3,5-12,16-17,24-26,36H,1-2,4,13-15,18H2,(H,38,39)(H,32,33,37)/t24?,25-,26-/m1/s1. The SMILES string of the molecule is O=c1[nH]cnc2c1ncn2[C@H]1CC(O)[C@@H](COP(=O)(O)COCCCCc2ccc3ccc4cccc5ccc2c3c45)O1. The van der Waals surface area contributed by atoms with Crippen LogP contribution in [0.4, 0.5) is 0 Å². The lowest BCUT2D eigenvalue weighted by molar-refractivity contribution is -0.0406. The minimum Gasteiger partial charge on any atom is -0.390 e. The number of nitrogens with one attached hydrogen (secondary N) is 1. The summed E-state index contributed by atoms with van der Waals surface area (Å²) in [4.78, 5) is 32.9. The number of unbranched alkanes of at least 4 members (excludes halogenated alkanes) is 1. The van der Waals surface area contributed by atoms with Gasteiger partial charge in [0, 0.05) is 13.0 Å². The Morgan fingerprint density at radius 1 is 1.02 bits per heavy atom. The highest BCUT2D eigenvalue weighted by molar-refractivity contribution is 7.52. The van der Waals surface area contributed by atoms with Crippen LogP contribution in [0, 0.1) is 0 Å². The van der Waals surface area contributed by atoms with Crippen LogP contribution < -0.4 is 5.56 Å². The minimum atomic E-state index is -4.06. The molecule has 0 radical (unpaired) electrons. The molecule has 43 heavy (non-hydrogen) atoms. The van der Waals surface area contributed by atoms with E-state index in [-0.39, 0.29) is 24.1 Å². The van der Waals surface area contributed by atoms with Gasteiger partial charge in [0.2, 0.25) is 0 Å². The molecule has 3 heterocycles. The lowest BCUT2D eigenvalue weighted by Crippen LogP contribution is -2.26. The maximum absolute atomic E-state index is 12.6. The van der Waals surface area contributed by atoms with Gasteiger partial charge in [-0.1, -0.05) is 54.6 Å². The van der Waals surface area contributed by atoms with E-state index < -0.39 is 32.4 Å². The molecule has 6 aromatic rings. The van der Waals surface area contributed by atoms with Crippen LogP contribution in [0.15, 0.2) is 72.0 Å². The van der Waals surface area contributed by atoms with Crippen LogP contribution in [-0.4, -0.2) is 61.3 Å². The maximum Gasteiger partial charge on any atom is 0.353 e. The third-order valence-corrected chi connectivity index (χ3v) is 9.24. The Morgan fingerprint density at radius 3 is 2.63 bits per heavy atom. The number of aliphatic hydroxyl groups excluding tert-OH is 1. The third kappa shape index (κ3) is 5.44. The van der Waals surface area contributed by atoms with Gasteiger partial charge in [0.1, 0.15) is 18.7 Å². The molecule has 0 amide bonds. The molecule has 3 N–H and O–H groups in total. The zero-order valence-electron chi connectivity index (χ0n) is 23.3. The number of hydrogen-bond donors (Lipinski definition) is 3. The van der Waals surface area contributed by atoms with E-state index in [0.717, 1.165) is 19.3 Å². The molecule has 1 aliphatic rings. The number of hydrogen-bond acceptors (Lipinski definition) is 8. The van der Waals surface area contributed by atoms with Crippen LogP contribution >= 0.6 is 7.60 Å². The normalized spacial score (nSPS) is 20.6. The van der Waals surface area contributed by atoms with Crippen LogP contribution in [0.2, 0.25) is 0 Å². The lowest BCUT2D eigenvalue weighted by atomic mass is 9.91. The van der Waals surface area contributed by atoms with Crippen molar-refractivity contribution in [2.45, 2.75) is 44.1 Å². The smallest absolute Gasteiger partial charge is 0.353 e. The number of fused-ring (bicyclic) bond motifs is 1. The molecular weight excluding hydrogens is 571 g/mol. The Kier molecular flexibility index (Phi) is 7.46. The Labute approximate surface area is 245 Å².